The molecule has 0 spiro atoms. The maximum absolute atomic E-state index is 11.7. The average molecular weight is 352 g/mol. The van der Waals surface area contributed by atoms with Gasteiger partial charge >= 0.3 is 5.97 Å². The first-order valence-electron chi connectivity index (χ1n) is 9.54. The number of hydrogen-bond acceptors (Lipinski definition) is 4. The smallest absolute Gasteiger partial charge is 0.338 e. The molecule has 0 aliphatic carbocycles. The van der Waals surface area contributed by atoms with Crippen LogP contribution in [0.1, 0.15) is 29.3 Å². The van der Waals surface area contributed by atoms with Crippen LogP contribution in [0.3, 0.4) is 0 Å². The highest BCUT2D eigenvalue weighted by Crippen LogP contribution is 2.18. The molecule has 0 bridgehead atoms. The molecule has 3 rings (SSSR count). The van der Waals surface area contributed by atoms with E-state index in [-0.39, 0.29) is 5.97 Å². The highest BCUT2D eigenvalue weighted by atomic mass is 16.5. The Morgan fingerprint density at radius 1 is 0.962 bits per heavy atom. The van der Waals surface area contributed by atoms with Crippen molar-refractivity contribution in [3.8, 4) is 0 Å². The first kappa shape index (κ1) is 18.5. The van der Waals surface area contributed by atoms with Crippen LogP contribution in [0.25, 0.3) is 0 Å². The molecule has 1 fully saturated rings. The van der Waals surface area contributed by atoms with Crippen LogP contribution < -0.4 is 4.90 Å². The first-order chi connectivity index (χ1) is 12.8. The third-order valence-electron chi connectivity index (χ3n) is 4.90. The summed E-state index contributed by atoms with van der Waals surface area (Å²) in [7, 11) is 0. The Morgan fingerprint density at radius 3 is 2.31 bits per heavy atom. The van der Waals surface area contributed by atoms with E-state index in [0.29, 0.717) is 12.2 Å². The Balaban J connectivity index is 1.42. The lowest BCUT2D eigenvalue weighted by molar-refractivity contribution is 0.0526. The third-order valence-corrected chi connectivity index (χ3v) is 4.90. The number of ether oxygens (including phenoxy) is 1. The minimum atomic E-state index is -0.248. The van der Waals surface area contributed by atoms with E-state index in [2.05, 4.69) is 40.1 Å². The molecule has 0 atom stereocenters. The molecule has 0 N–H and O–H groups in total. The number of carbonyl (C=O) groups is 1. The molecule has 4 heteroatoms. The van der Waals surface area contributed by atoms with E-state index in [1.807, 2.05) is 31.2 Å². The van der Waals surface area contributed by atoms with E-state index >= 15 is 0 Å². The standard InChI is InChI=1S/C22H28N2O2/c1-2-26-22(25)20-10-12-21(13-11-20)24-17-15-23(16-18-24)14-6-9-19-7-4-3-5-8-19/h3-5,7-8,10-13H,2,6,9,14-18H2,1H3. The second-order valence-corrected chi connectivity index (χ2v) is 6.69. The summed E-state index contributed by atoms with van der Waals surface area (Å²) in [5, 5.41) is 0. The number of rotatable bonds is 7. The van der Waals surface area contributed by atoms with Crippen molar-refractivity contribution in [2.45, 2.75) is 19.8 Å². The van der Waals surface area contributed by atoms with Gasteiger partial charge in [-0.1, -0.05) is 30.3 Å². The van der Waals surface area contributed by atoms with Crippen molar-refractivity contribution in [1.82, 2.24) is 4.90 Å². The molecule has 0 saturated carbocycles. The number of esters is 1. The van der Waals surface area contributed by atoms with Crippen molar-refractivity contribution >= 4 is 11.7 Å². The summed E-state index contributed by atoms with van der Waals surface area (Å²) in [5.41, 5.74) is 3.23. The first-order valence-corrected chi connectivity index (χ1v) is 9.54. The lowest BCUT2D eigenvalue weighted by Crippen LogP contribution is -2.46. The van der Waals surface area contributed by atoms with E-state index in [9.17, 15) is 4.79 Å². The zero-order valence-electron chi connectivity index (χ0n) is 15.6. The third kappa shape index (κ3) is 5.09. The summed E-state index contributed by atoms with van der Waals surface area (Å²) in [5.74, 6) is -0.248. The Labute approximate surface area is 156 Å². The summed E-state index contributed by atoms with van der Waals surface area (Å²) in [6.07, 6.45) is 2.36. The molecule has 2 aromatic rings. The van der Waals surface area contributed by atoms with Crippen LogP contribution in [0.5, 0.6) is 0 Å². The van der Waals surface area contributed by atoms with Gasteiger partial charge in [0.2, 0.25) is 0 Å². The molecule has 2 aromatic carbocycles. The zero-order valence-corrected chi connectivity index (χ0v) is 15.6. The molecule has 138 valence electrons. The zero-order chi connectivity index (χ0) is 18.2. The Hall–Kier alpha value is -2.33. The van der Waals surface area contributed by atoms with Gasteiger partial charge in [0.15, 0.2) is 0 Å². The van der Waals surface area contributed by atoms with Gasteiger partial charge in [-0.2, -0.15) is 0 Å². The van der Waals surface area contributed by atoms with Gasteiger partial charge in [-0.25, -0.2) is 4.79 Å². The van der Waals surface area contributed by atoms with Gasteiger partial charge in [0, 0.05) is 31.9 Å². The number of piperazine rings is 1. The molecule has 1 aliphatic heterocycles. The highest BCUT2D eigenvalue weighted by molar-refractivity contribution is 5.89. The SMILES string of the molecule is CCOC(=O)c1ccc(N2CCN(CCCc3ccccc3)CC2)cc1. The minimum Gasteiger partial charge on any atom is -0.462 e. The molecule has 1 saturated heterocycles. The average Bonchev–Trinajstić information content (AvgIpc) is 2.70. The summed E-state index contributed by atoms with van der Waals surface area (Å²) in [4.78, 5) is 16.7. The van der Waals surface area contributed by atoms with Gasteiger partial charge in [0.05, 0.1) is 12.2 Å². The monoisotopic (exact) mass is 352 g/mol. The lowest BCUT2D eigenvalue weighted by Gasteiger charge is -2.36. The molecule has 1 heterocycles. The van der Waals surface area contributed by atoms with E-state index in [4.69, 9.17) is 4.74 Å². The van der Waals surface area contributed by atoms with Crippen molar-refractivity contribution in [3.63, 3.8) is 0 Å². The van der Waals surface area contributed by atoms with Crippen LogP contribution in [0.4, 0.5) is 5.69 Å². The largest absolute Gasteiger partial charge is 0.462 e. The minimum absolute atomic E-state index is 0.248. The van der Waals surface area contributed by atoms with Crippen molar-refractivity contribution in [2.24, 2.45) is 0 Å². The van der Waals surface area contributed by atoms with E-state index in [1.165, 1.54) is 17.7 Å². The fourth-order valence-corrected chi connectivity index (χ4v) is 3.40. The Bertz CT molecular complexity index is 677. The van der Waals surface area contributed by atoms with Crippen LogP contribution in [0, 0.1) is 0 Å². The molecule has 26 heavy (non-hydrogen) atoms. The van der Waals surface area contributed by atoms with Crippen LogP contribution >= 0.6 is 0 Å². The molecule has 0 unspecified atom stereocenters. The van der Waals surface area contributed by atoms with Gasteiger partial charge in [-0.3, -0.25) is 4.90 Å². The van der Waals surface area contributed by atoms with Gasteiger partial charge < -0.3 is 9.64 Å². The summed E-state index contributed by atoms with van der Waals surface area (Å²) in [6, 6.07) is 18.5. The highest BCUT2D eigenvalue weighted by Gasteiger charge is 2.17. The lowest BCUT2D eigenvalue weighted by atomic mass is 10.1. The van der Waals surface area contributed by atoms with E-state index in [1.54, 1.807) is 0 Å². The fraction of sp³-hybridized carbons (Fsp3) is 0.409. The number of carbonyl (C=O) groups excluding carboxylic acids is 1. The molecule has 0 amide bonds. The normalized spacial score (nSPS) is 15.0. The van der Waals surface area contributed by atoms with E-state index in [0.717, 1.165) is 39.1 Å². The summed E-state index contributed by atoms with van der Waals surface area (Å²) >= 11 is 0. The van der Waals surface area contributed by atoms with Gasteiger partial charge in [-0.05, 0) is 56.1 Å². The fourth-order valence-electron chi connectivity index (χ4n) is 3.40. The number of nitrogens with zero attached hydrogens (tertiary/aromatic N) is 2. The summed E-state index contributed by atoms with van der Waals surface area (Å²) < 4.78 is 5.04. The Kier molecular flexibility index (Phi) is 6.67. The molecular weight excluding hydrogens is 324 g/mol. The second kappa shape index (κ2) is 9.39. The van der Waals surface area contributed by atoms with E-state index < -0.39 is 0 Å². The van der Waals surface area contributed by atoms with Gasteiger partial charge in [0.25, 0.3) is 0 Å². The molecule has 4 nitrogen and oxygen atoms in total. The molecule has 0 aromatic heterocycles. The quantitative estimate of drug-likeness (QED) is 0.713. The molecule has 0 radical (unpaired) electrons. The Morgan fingerprint density at radius 2 is 1.65 bits per heavy atom. The van der Waals surface area contributed by atoms with Crippen LogP contribution in [-0.2, 0) is 11.2 Å². The number of hydrogen-bond donors (Lipinski definition) is 0. The van der Waals surface area contributed by atoms with Crippen molar-refractivity contribution < 1.29 is 9.53 Å². The van der Waals surface area contributed by atoms with Crippen molar-refractivity contribution in [3.05, 3.63) is 65.7 Å². The topological polar surface area (TPSA) is 32.8 Å². The maximum Gasteiger partial charge on any atom is 0.338 e. The number of aryl methyl sites for hydroxylation is 1. The van der Waals surface area contributed by atoms with Gasteiger partial charge in [0.1, 0.15) is 0 Å². The number of anilines is 1. The predicted molar refractivity (Wildman–Crippen MR) is 106 cm³/mol. The van der Waals surface area contributed by atoms with Crippen molar-refractivity contribution in [2.75, 3.05) is 44.2 Å². The van der Waals surface area contributed by atoms with Crippen LogP contribution in [0.2, 0.25) is 0 Å². The number of benzene rings is 2. The van der Waals surface area contributed by atoms with Crippen molar-refractivity contribution in [1.29, 1.82) is 0 Å². The molecular formula is C22H28N2O2. The summed E-state index contributed by atoms with van der Waals surface area (Å²) in [6.45, 7) is 7.64. The second-order valence-electron chi connectivity index (χ2n) is 6.69. The van der Waals surface area contributed by atoms with Gasteiger partial charge in [-0.15, -0.1) is 0 Å². The predicted octanol–water partition coefficient (Wildman–Crippen LogP) is 3.62. The maximum atomic E-state index is 11.7. The van der Waals surface area contributed by atoms with Crippen LogP contribution in [0.15, 0.2) is 54.6 Å². The molecule has 1 aliphatic rings. The van der Waals surface area contributed by atoms with Crippen LogP contribution in [-0.4, -0.2) is 50.2 Å².